The predicted molar refractivity (Wildman–Crippen MR) is 98.3 cm³/mol. The van der Waals surface area contributed by atoms with E-state index in [1.165, 1.54) is 15.6 Å². The van der Waals surface area contributed by atoms with Gasteiger partial charge in [-0.15, -0.1) is 11.6 Å². The lowest BCUT2D eigenvalue weighted by molar-refractivity contribution is -0.113. The van der Waals surface area contributed by atoms with Crippen LogP contribution in [0.2, 0.25) is 0 Å². The van der Waals surface area contributed by atoms with Crippen LogP contribution < -0.4 is 5.32 Å². The number of anilines is 1. The van der Waals surface area contributed by atoms with Crippen LogP contribution in [-0.4, -0.2) is 41.6 Å². The molecule has 1 amide bonds. The standard InChI is InChI=1S/C15H20ClN3O3S2/c1-9(2)19(10(3)4)24(21,22)11-5-6-12-13(7-11)23-15(17-12)18-14(20)8-16/h5-7,9-10H,8H2,1-4H3,(H,17,18,20). The first-order chi connectivity index (χ1) is 11.2. The molecule has 0 saturated carbocycles. The fraction of sp³-hybridized carbons (Fsp3) is 0.467. The van der Waals surface area contributed by atoms with E-state index in [1.807, 2.05) is 27.7 Å². The molecular formula is C15H20ClN3O3S2. The number of hydrogen-bond donors (Lipinski definition) is 1. The van der Waals surface area contributed by atoms with Crippen molar-refractivity contribution in [2.24, 2.45) is 0 Å². The molecule has 0 aliphatic heterocycles. The average molecular weight is 390 g/mol. The maximum Gasteiger partial charge on any atom is 0.243 e. The van der Waals surface area contributed by atoms with E-state index in [-0.39, 0.29) is 28.8 Å². The van der Waals surface area contributed by atoms with Crippen LogP contribution >= 0.6 is 22.9 Å². The molecule has 1 heterocycles. The van der Waals surface area contributed by atoms with Crippen molar-refractivity contribution in [1.29, 1.82) is 0 Å². The van der Waals surface area contributed by atoms with E-state index >= 15 is 0 Å². The zero-order valence-electron chi connectivity index (χ0n) is 13.9. The van der Waals surface area contributed by atoms with E-state index < -0.39 is 10.0 Å². The summed E-state index contributed by atoms with van der Waals surface area (Å²) in [5.74, 6) is -0.512. The third-order valence-electron chi connectivity index (χ3n) is 3.32. The molecule has 1 N–H and O–H groups in total. The molecule has 2 rings (SSSR count). The Morgan fingerprint density at radius 2 is 1.92 bits per heavy atom. The Morgan fingerprint density at radius 3 is 2.46 bits per heavy atom. The molecule has 0 aliphatic carbocycles. The summed E-state index contributed by atoms with van der Waals surface area (Å²) in [6, 6.07) is 4.49. The second-order valence-corrected chi connectivity index (χ2v) is 8.99. The largest absolute Gasteiger partial charge is 0.301 e. The number of alkyl halides is 1. The summed E-state index contributed by atoms with van der Waals surface area (Å²) in [5, 5.41) is 2.97. The van der Waals surface area contributed by atoms with Crippen molar-refractivity contribution in [2.75, 3.05) is 11.2 Å². The number of nitrogens with zero attached hydrogens (tertiary/aromatic N) is 2. The van der Waals surface area contributed by atoms with Crippen molar-refractivity contribution in [3.63, 3.8) is 0 Å². The number of nitrogens with one attached hydrogen (secondary N) is 1. The molecule has 132 valence electrons. The van der Waals surface area contributed by atoms with Crippen molar-refractivity contribution in [3.8, 4) is 0 Å². The number of carbonyl (C=O) groups excluding carboxylic acids is 1. The van der Waals surface area contributed by atoms with Crippen LogP contribution in [0.1, 0.15) is 27.7 Å². The molecule has 0 bridgehead atoms. The fourth-order valence-corrected chi connectivity index (χ4v) is 5.47. The topological polar surface area (TPSA) is 79.4 Å². The lowest BCUT2D eigenvalue weighted by Crippen LogP contribution is -2.41. The molecule has 1 aromatic heterocycles. The number of amides is 1. The zero-order chi connectivity index (χ0) is 18.1. The van der Waals surface area contributed by atoms with Gasteiger partial charge >= 0.3 is 0 Å². The van der Waals surface area contributed by atoms with E-state index in [9.17, 15) is 13.2 Å². The van der Waals surface area contributed by atoms with Crippen molar-refractivity contribution >= 4 is 54.2 Å². The molecule has 0 fully saturated rings. The summed E-state index contributed by atoms with van der Waals surface area (Å²) in [6.45, 7) is 7.40. The lowest BCUT2D eigenvalue weighted by atomic mass is 10.3. The quantitative estimate of drug-likeness (QED) is 0.769. The van der Waals surface area contributed by atoms with Gasteiger partial charge in [-0.05, 0) is 45.9 Å². The second kappa shape index (κ2) is 7.35. The summed E-state index contributed by atoms with van der Waals surface area (Å²) in [4.78, 5) is 15.8. The first kappa shape index (κ1) is 19.1. The molecule has 2 aromatic rings. The fourth-order valence-electron chi connectivity index (χ4n) is 2.54. The van der Waals surface area contributed by atoms with Crippen LogP contribution in [0.5, 0.6) is 0 Å². The Morgan fingerprint density at radius 1 is 1.29 bits per heavy atom. The summed E-state index contributed by atoms with van der Waals surface area (Å²) >= 11 is 6.67. The Labute approximate surface area is 150 Å². The van der Waals surface area contributed by atoms with Crippen LogP contribution in [0.25, 0.3) is 10.2 Å². The van der Waals surface area contributed by atoms with Crippen molar-refractivity contribution in [1.82, 2.24) is 9.29 Å². The zero-order valence-corrected chi connectivity index (χ0v) is 16.3. The molecular weight excluding hydrogens is 370 g/mol. The molecule has 1 aromatic carbocycles. The van der Waals surface area contributed by atoms with Gasteiger partial charge in [-0.2, -0.15) is 4.31 Å². The van der Waals surface area contributed by atoms with E-state index in [0.29, 0.717) is 15.3 Å². The minimum atomic E-state index is -3.61. The first-order valence-electron chi connectivity index (χ1n) is 7.46. The minimum absolute atomic E-state index is 0.147. The Kier molecular flexibility index (Phi) is 5.85. The van der Waals surface area contributed by atoms with Gasteiger partial charge in [-0.1, -0.05) is 11.3 Å². The SMILES string of the molecule is CC(C)N(C(C)C)S(=O)(=O)c1ccc2nc(NC(=O)CCl)sc2c1. The molecule has 0 atom stereocenters. The molecule has 0 saturated heterocycles. The molecule has 9 heteroatoms. The van der Waals surface area contributed by atoms with Crippen LogP contribution in [0.3, 0.4) is 0 Å². The van der Waals surface area contributed by atoms with Crippen LogP contribution in [0, 0.1) is 0 Å². The van der Waals surface area contributed by atoms with Crippen LogP contribution in [0.15, 0.2) is 23.1 Å². The first-order valence-corrected chi connectivity index (χ1v) is 10.3. The van der Waals surface area contributed by atoms with Gasteiger partial charge < -0.3 is 5.32 Å². The van der Waals surface area contributed by atoms with Crippen molar-refractivity contribution in [2.45, 2.75) is 44.7 Å². The maximum absolute atomic E-state index is 12.9. The molecule has 0 radical (unpaired) electrons. The predicted octanol–water partition coefficient (Wildman–Crippen LogP) is 3.28. The van der Waals surface area contributed by atoms with E-state index in [2.05, 4.69) is 10.3 Å². The van der Waals surface area contributed by atoms with Gasteiger partial charge in [0.05, 0.1) is 15.1 Å². The summed E-state index contributed by atoms with van der Waals surface area (Å²) in [7, 11) is -3.61. The number of fused-ring (bicyclic) bond motifs is 1. The van der Waals surface area contributed by atoms with E-state index in [4.69, 9.17) is 11.6 Å². The van der Waals surface area contributed by atoms with Gasteiger partial charge in [0, 0.05) is 12.1 Å². The highest BCUT2D eigenvalue weighted by Crippen LogP contribution is 2.30. The van der Waals surface area contributed by atoms with Crippen molar-refractivity contribution < 1.29 is 13.2 Å². The molecule has 24 heavy (non-hydrogen) atoms. The molecule has 6 nitrogen and oxygen atoms in total. The number of aromatic nitrogens is 1. The number of benzene rings is 1. The van der Waals surface area contributed by atoms with Gasteiger partial charge in [0.25, 0.3) is 0 Å². The lowest BCUT2D eigenvalue weighted by Gasteiger charge is -2.29. The number of hydrogen-bond acceptors (Lipinski definition) is 5. The average Bonchev–Trinajstić information content (AvgIpc) is 2.86. The van der Waals surface area contributed by atoms with E-state index in [0.717, 1.165) is 0 Å². The van der Waals surface area contributed by atoms with Gasteiger partial charge in [0.2, 0.25) is 15.9 Å². The van der Waals surface area contributed by atoms with Gasteiger partial charge in [-0.25, -0.2) is 13.4 Å². The minimum Gasteiger partial charge on any atom is -0.301 e. The Balaban J connectivity index is 2.44. The highest BCUT2D eigenvalue weighted by atomic mass is 35.5. The Hall–Kier alpha value is -1.22. The monoisotopic (exact) mass is 389 g/mol. The third-order valence-corrected chi connectivity index (χ3v) is 6.75. The molecule has 0 spiro atoms. The van der Waals surface area contributed by atoms with Crippen molar-refractivity contribution in [3.05, 3.63) is 18.2 Å². The number of sulfonamides is 1. The number of thiazole rings is 1. The Bertz CT molecular complexity index is 839. The smallest absolute Gasteiger partial charge is 0.243 e. The normalized spacial score (nSPS) is 12.5. The van der Waals surface area contributed by atoms with Crippen LogP contribution in [-0.2, 0) is 14.8 Å². The third kappa shape index (κ3) is 3.88. The van der Waals surface area contributed by atoms with Crippen LogP contribution in [0.4, 0.5) is 5.13 Å². The summed E-state index contributed by atoms with van der Waals surface area (Å²) in [5.41, 5.74) is 0.629. The highest BCUT2D eigenvalue weighted by Gasteiger charge is 2.29. The molecule has 0 unspecified atom stereocenters. The number of rotatable bonds is 6. The molecule has 0 aliphatic rings. The maximum atomic E-state index is 12.9. The second-order valence-electron chi connectivity index (χ2n) is 5.85. The highest BCUT2D eigenvalue weighted by molar-refractivity contribution is 7.89. The number of carbonyl (C=O) groups is 1. The van der Waals surface area contributed by atoms with Gasteiger partial charge in [0.1, 0.15) is 5.88 Å². The summed E-state index contributed by atoms with van der Waals surface area (Å²) in [6.07, 6.45) is 0. The summed E-state index contributed by atoms with van der Waals surface area (Å²) < 4.78 is 28.0. The number of halogens is 1. The van der Waals surface area contributed by atoms with Gasteiger partial charge in [-0.3, -0.25) is 4.79 Å². The van der Waals surface area contributed by atoms with E-state index in [1.54, 1.807) is 18.2 Å². The van der Waals surface area contributed by atoms with Gasteiger partial charge in [0.15, 0.2) is 5.13 Å².